The second-order valence-corrected chi connectivity index (χ2v) is 8.14. The van der Waals surface area contributed by atoms with Gasteiger partial charge in [0.05, 0.1) is 13.0 Å². The highest BCUT2D eigenvalue weighted by molar-refractivity contribution is 5.76. The normalized spacial score (nSPS) is 21.4. The summed E-state index contributed by atoms with van der Waals surface area (Å²) in [5.74, 6) is -0.371. The van der Waals surface area contributed by atoms with E-state index < -0.39 is 24.9 Å². The number of hydrogen-bond donors (Lipinski definition) is 0. The predicted molar refractivity (Wildman–Crippen MR) is 102 cm³/mol. The van der Waals surface area contributed by atoms with E-state index in [-0.39, 0.29) is 17.4 Å². The molecule has 0 N–H and O–H groups in total. The minimum absolute atomic E-state index is 0.00897. The maximum Gasteiger partial charge on any atom is 0.389 e. The molecule has 29 heavy (non-hydrogen) atoms. The summed E-state index contributed by atoms with van der Waals surface area (Å²) >= 11 is 0. The van der Waals surface area contributed by atoms with Crippen LogP contribution in [0.2, 0.25) is 0 Å². The fourth-order valence-electron chi connectivity index (χ4n) is 4.34. The molecule has 1 fully saturated rings. The van der Waals surface area contributed by atoms with E-state index in [9.17, 15) is 22.8 Å². The molecule has 1 amide bonds. The van der Waals surface area contributed by atoms with Gasteiger partial charge in [0.1, 0.15) is 0 Å². The van der Waals surface area contributed by atoms with E-state index in [0.717, 1.165) is 18.7 Å². The SMILES string of the molecule is COCCN(C)Cc1ccc2n(c1=O)C[C@H]1C[C@@H]2CN(C(=O)CCC(F)(F)F)C1. The van der Waals surface area contributed by atoms with Gasteiger partial charge in [-0.15, -0.1) is 0 Å². The summed E-state index contributed by atoms with van der Waals surface area (Å²) < 4.78 is 44.2. The van der Waals surface area contributed by atoms with E-state index in [0.29, 0.717) is 38.3 Å². The number of halogens is 3. The van der Waals surface area contributed by atoms with Gasteiger partial charge in [-0.1, -0.05) is 6.07 Å². The monoisotopic (exact) mass is 415 g/mol. The average molecular weight is 415 g/mol. The second-order valence-electron chi connectivity index (χ2n) is 8.14. The summed E-state index contributed by atoms with van der Waals surface area (Å²) in [5.41, 5.74) is 1.58. The zero-order chi connectivity index (χ0) is 21.2. The first kappa shape index (κ1) is 21.8. The molecule has 0 saturated carbocycles. The molecular formula is C20H28F3N3O3. The third-order valence-electron chi connectivity index (χ3n) is 5.78. The topological polar surface area (TPSA) is 54.8 Å². The number of alkyl halides is 3. The van der Waals surface area contributed by atoms with Crippen LogP contribution in [0.5, 0.6) is 0 Å². The fraction of sp³-hybridized carbons (Fsp3) is 0.700. The van der Waals surface area contributed by atoms with Gasteiger partial charge < -0.3 is 14.2 Å². The smallest absolute Gasteiger partial charge is 0.383 e. The quantitative estimate of drug-likeness (QED) is 0.685. The number of likely N-dealkylation sites (tertiary alicyclic amines) is 1. The van der Waals surface area contributed by atoms with Gasteiger partial charge in [0.2, 0.25) is 5.91 Å². The van der Waals surface area contributed by atoms with Crippen LogP contribution in [-0.4, -0.2) is 66.8 Å². The Labute approximate surface area is 168 Å². The third kappa shape index (κ3) is 5.39. The largest absolute Gasteiger partial charge is 0.389 e. The van der Waals surface area contributed by atoms with Crippen molar-refractivity contribution in [2.45, 2.75) is 44.4 Å². The van der Waals surface area contributed by atoms with Crippen molar-refractivity contribution in [1.82, 2.24) is 14.4 Å². The van der Waals surface area contributed by atoms with Crippen molar-refractivity contribution in [3.63, 3.8) is 0 Å². The highest BCUT2D eigenvalue weighted by Gasteiger charge is 2.37. The van der Waals surface area contributed by atoms with Gasteiger partial charge in [0.15, 0.2) is 0 Å². The minimum Gasteiger partial charge on any atom is -0.383 e. The maximum absolute atomic E-state index is 13.0. The van der Waals surface area contributed by atoms with Gasteiger partial charge in [0, 0.05) is 63.4 Å². The van der Waals surface area contributed by atoms with E-state index >= 15 is 0 Å². The number of hydrogen-bond acceptors (Lipinski definition) is 4. The van der Waals surface area contributed by atoms with Gasteiger partial charge in [0.25, 0.3) is 5.56 Å². The lowest BCUT2D eigenvalue weighted by Crippen LogP contribution is -2.49. The first-order valence-corrected chi connectivity index (χ1v) is 9.92. The van der Waals surface area contributed by atoms with Crippen LogP contribution in [0.1, 0.15) is 36.4 Å². The van der Waals surface area contributed by atoms with Crippen molar-refractivity contribution in [1.29, 1.82) is 0 Å². The number of pyridine rings is 1. The molecular weight excluding hydrogens is 387 g/mol. The number of ether oxygens (including phenoxy) is 1. The highest BCUT2D eigenvalue weighted by Crippen LogP contribution is 2.35. The molecule has 3 heterocycles. The zero-order valence-electron chi connectivity index (χ0n) is 16.9. The van der Waals surface area contributed by atoms with Crippen LogP contribution < -0.4 is 5.56 Å². The molecule has 2 bridgehead atoms. The van der Waals surface area contributed by atoms with E-state index in [1.807, 2.05) is 24.1 Å². The molecule has 0 aliphatic carbocycles. The average Bonchev–Trinajstić information content (AvgIpc) is 2.66. The maximum atomic E-state index is 13.0. The van der Waals surface area contributed by atoms with Crippen molar-refractivity contribution in [2.24, 2.45) is 5.92 Å². The zero-order valence-corrected chi connectivity index (χ0v) is 16.9. The number of carbonyl (C=O) groups excluding carboxylic acids is 1. The molecule has 2 aliphatic rings. The van der Waals surface area contributed by atoms with Crippen molar-refractivity contribution < 1.29 is 22.7 Å². The first-order chi connectivity index (χ1) is 13.7. The number of methoxy groups -OCH3 is 1. The summed E-state index contributed by atoms with van der Waals surface area (Å²) in [5, 5.41) is 0. The molecule has 1 saturated heterocycles. The van der Waals surface area contributed by atoms with Crippen molar-refractivity contribution in [2.75, 3.05) is 40.4 Å². The Hall–Kier alpha value is -1.87. The second kappa shape index (κ2) is 8.87. The highest BCUT2D eigenvalue weighted by atomic mass is 19.4. The fourth-order valence-corrected chi connectivity index (χ4v) is 4.34. The van der Waals surface area contributed by atoms with Crippen molar-refractivity contribution >= 4 is 5.91 Å². The van der Waals surface area contributed by atoms with E-state index in [2.05, 4.69) is 0 Å². The number of rotatable bonds is 7. The Morgan fingerprint density at radius 2 is 2.03 bits per heavy atom. The molecule has 2 atom stereocenters. The lowest BCUT2D eigenvalue weighted by Gasteiger charge is -2.43. The van der Waals surface area contributed by atoms with Crippen LogP contribution in [0.25, 0.3) is 0 Å². The number of carbonyl (C=O) groups is 1. The first-order valence-electron chi connectivity index (χ1n) is 9.92. The Balaban J connectivity index is 1.71. The molecule has 9 heteroatoms. The molecule has 0 spiro atoms. The van der Waals surface area contributed by atoms with Gasteiger partial charge in [-0.3, -0.25) is 14.5 Å². The van der Waals surface area contributed by atoms with E-state index in [4.69, 9.17) is 4.74 Å². The number of nitrogens with zero attached hydrogens (tertiary/aromatic N) is 3. The molecule has 2 aliphatic heterocycles. The van der Waals surface area contributed by atoms with E-state index in [1.54, 1.807) is 16.6 Å². The van der Waals surface area contributed by atoms with Crippen LogP contribution in [-0.2, 0) is 22.6 Å². The number of amides is 1. The summed E-state index contributed by atoms with van der Waals surface area (Å²) in [6.07, 6.45) is -5.07. The van der Waals surface area contributed by atoms with Gasteiger partial charge in [-0.2, -0.15) is 13.2 Å². The number of fused-ring (bicyclic) bond motifs is 4. The number of piperidine rings is 1. The lowest BCUT2D eigenvalue weighted by atomic mass is 9.82. The van der Waals surface area contributed by atoms with Gasteiger partial charge in [-0.25, -0.2) is 0 Å². The molecule has 162 valence electrons. The standard InChI is InChI=1S/C20H28F3N3O3/c1-24(7-8-29-2)12-15-3-4-17-16-9-14(11-26(17)19(15)28)10-25(13-16)18(27)5-6-20(21,22)23/h3-4,14,16H,5-13H2,1-2H3/t14-,16+/m0/s1. The van der Waals surface area contributed by atoms with Gasteiger partial charge >= 0.3 is 6.18 Å². The van der Waals surface area contributed by atoms with Crippen LogP contribution in [0.3, 0.4) is 0 Å². The summed E-state index contributed by atoms with van der Waals surface area (Å²) in [7, 11) is 3.57. The van der Waals surface area contributed by atoms with Crippen LogP contribution in [0.4, 0.5) is 13.2 Å². The van der Waals surface area contributed by atoms with Crippen molar-refractivity contribution in [3.05, 3.63) is 33.7 Å². The summed E-state index contributed by atoms with van der Waals surface area (Å²) in [6.45, 7) is 3.13. The molecule has 1 aromatic heterocycles. The van der Waals surface area contributed by atoms with Crippen LogP contribution >= 0.6 is 0 Å². The van der Waals surface area contributed by atoms with Crippen LogP contribution in [0, 0.1) is 5.92 Å². The third-order valence-corrected chi connectivity index (χ3v) is 5.78. The molecule has 0 unspecified atom stereocenters. The number of likely N-dealkylation sites (N-methyl/N-ethyl adjacent to an activating group) is 1. The molecule has 0 radical (unpaired) electrons. The molecule has 1 aromatic rings. The summed E-state index contributed by atoms with van der Waals surface area (Å²) in [6, 6.07) is 3.77. The molecule has 0 aromatic carbocycles. The Kier molecular flexibility index (Phi) is 6.68. The lowest BCUT2D eigenvalue weighted by molar-refractivity contribution is -0.150. The Morgan fingerprint density at radius 1 is 1.28 bits per heavy atom. The molecule has 3 rings (SSSR count). The predicted octanol–water partition coefficient (Wildman–Crippen LogP) is 2.21. The van der Waals surface area contributed by atoms with Gasteiger partial charge in [-0.05, 0) is 25.5 Å². The number of aromatic nitrogens is 1. The summed E-state index contributed by atoms with van der Waals surface area (Å²) in [4.78, 5) is 28.8. The van der Waals surface area contributed by atoms with E-state index in [1.165, 1.54) is 0 Å². The molecule has 6 nitrogen and oxygen atoms in total. The Bertz CT molecular complexity index is 793. The Morgan fingerprint density at radius 3 is 2.72 bits per heavy atom. The van der Waals surface area contributed by atoms with Crippen LogP contribution in [0.15, 0.2) is 16.9 Å². The van der Waals surface area contributed by atoms with Crippen molar-refractivity contribution in [3.8, 4) is 0 Å². The minimum atomic E-state index is -4.33.